The molecule has 58 heavy (non-hydrogen) atoms. The van der Waals surface area contributed by atoms with E-state index < -0.39 is 6.10 Å². The van der Waals surface area contributed by atoms with Gasteiger partial charge in [0.1, 0.15) is 6.61 Å². The van der Waals surface area contributed by atoms with Gasteiger partial charge in [-0.1, -0.05) is 210 Å². The molecule has 0 aromatic heterocycles. The monoisotopic (exact) mass is 811 g/mol. The van der Waals surface area contributed by atoms with Crippen LogP contribution in [0, 0.1) is 0 Å². The molecule has 0 bridgehead atoms. The third-order valence-electron chi connectivity index (χ3n) is 10.5. The first-order valence-corrected chi connectivity index (χ1v) is 24.8. The molecule has 0 heterocycles. The van der Waals surface area contributed by atoms with Crippen LogP contribution < -0.4 is 0 Å². The SMILES string of the molecule is CC/C=C\C/C=C\C/C=C\CCCCCCCCCC(=O)OCC(COCCCCCCCC/C=C\C/C=C\CCC)OC(=O)CCCCCCCCCCCCC. The second-order valence-corrected chi connectivity index (χ2v) is 16.3. The highest BCUT2D eigenvalue weighted by molar-refractivity contribution is 5.70. The summed E-state index contributed by atoms with van der Waals surface area (Å²) in [5, 5.41) is 0. The van der Waals surface area contributed by atoms with Crippen molar-refractivity contribution in [1.29, 1.82) is 0 Å². The molecule has 0 spiro atoms. The third-order valence-corrected chi connectivity index (χ3v) is 10.5. The highest BCUT2D eigenvalue weighted by Crippen LogP contribution is 2.14. The Morgan fingerprint density at radius 3 is 1.31 bits per heavy atom. The molecule has 0 aromatic carbocycles. The average Bonchev–Trinajstić information content (AvgIpc) is 3.22. The standard InChI is InChI=1S/C53H94O5/c1-4-7-10-13-16-19-22-24-26-27-28-29-32-34-37-40-43-46-52(54)57-50-51(58-53(55)47-44-41-38-35-31-21-18-15-12-9-6-3)49-56-48-45-42-39-36-33-30-25-23-20-17-14-11-8-5-2/h7,10-11,14,16,19-20,23-24,26,51H,4-6,8-9,12-13,15,17-18,21-22,25,27-50H2,1-3H3/b10-7-,14-11-,19-16-,23-20-,26-24-. The first kappa shape index (κ1) is 55.6. The minimum Gasteiger partial charge on any atom is -0.462 e. The van der Waals surface area contributed by atoms with E-state index in [0.29, 0.717) is 19.4 Å². The highest BCUT2D eigenvalue weighted by atomic mass is 16.6. The van der Waals surface area contributed by atoms with Crippen molar-refractivity contribution in [3.8, 4) is 0 Å². The first-order valence-electron chi connectivity index (χ1n) is 24.8. The zero-order chi connectivity index (χ0) is 42.1. The lowest BCUT2D eigenvalue weighted by Crippen LogP contribution is -2.30. The van der Waals surface area contributed by atoms with Crippen LogP contribution in [0.15, 0.2) is 60.8 Å². The van der Waals surface area contributed by atoms with Crippen LogP contribution in [0.4, 0.5) is 0 Å². The Morgan fingerprint density at radius 2 is 0.810 bits per heavy atom. The molecule has 0 aliphatic carbocycles. The lowest BCUT2D eigenvalue weighted by Gasteiger charge is -2.18. The number of allylic oxidation sites excluding steroid dienone is 10. The van der Waals surface area contributed by atoms with Gasteiger partial charge in [-0.3, -0.25) is 9.59 Å². The molecule has 0 aliphatic rings. The van der Waals surface area contributed by atoms with E-state index in [2.05, 4.69) is 81.5 Å². The van der Waals surface area contributed by atoms with Crippen molar-refractivity contribution in [2.24, 2.45) is 0 Å². The summed E-state index contributed by atoms with van der Waals surface area (Å²) in [6, 6.07) is 0. The molecule has 5 heteroatoms. The minimum absolute atomic E-state index is 0.0767. The summed E-state index contributed by atoms with van der Waals surface area (Å²) >= 11 is 0. The van der Waals surface area contributed by atoms with E-state index in [1.54, 1.807) is 0 Å². The Hall–Kier alpha value is -2.40. The van der Waals surface area contributed by atoms with Crippen LogP contribution in [0.5, 0.6) is 0 Å². The number of hydrogen-bond donors (Lipinski definition) is 0. The topological polar surface area (TPSA) is 61.8 Å². The van der Waals surface area contributed by atoms with Gasteiger partial charge >= 0.3 is 11.9 Å². The van der Waals surface area contributed by atoms with Gasteiger partial charge < -0.3 is 14.2 Å². The molecule has 0 radical (unpaired) electrons. The Bertz CT molecular complexity index is 1010. The molecule has 0 saturated carbocycles. The Balaban J connectivity index is 4.25. The molecule has 0 rings (SSSR count). The summed E-state index contributed by atoms with van der Waals surface area (Å²) in [4.78, 5) is 25.3. The van der Waals surface area contributed by atoms with Crippen molar-refractivity contribution in [3.63, 3.8) is 0 Å². The number of hydrogen-bond acceptors (Lipinski definition) is 5. The first-order chi connectivity index (χ1) is 28.6. The fourth-order valence-corrected chi connectivity index (χ4v) is 6.86. The molecule has 0 aromatic rings. The van der Waals surface area contributed by atoms with E-state index >= 15 is 0 Å². The van der Waals surface area contributed by atoms with E-state index in [4.69, 9.17) is 14.2 Å². The molecule has 336 valence electrons. The maximum absolute atomic E-state index is 12.7. The van der Waals surface area contributed by atoms with E-state index in [-0.39, 0.29) is 25.2 Å². The second kappa shape index (κ2) is 49.0. The maximum atomic E-state index is 12.7. The largest absolute Gasteiger partial charge is 0.462 e. The molecular weight excluding hydrogens is 717 g/mol. The highest BCUT2D eigenvalue weighted by Gasteiger charge is 2.17. The van der Waals surface area contributed by atoms with Crippen molar-refractivity contribution in [3.05, 3.63) is 60.8 Å². The van der Waals surface area contributed by atoms with Gasteiger partial charge in [0.15, 0.2) is 6.10 Å². The van der Waals surface area contributed by atoms with Gasteiger partial charge in [-0.05, 0) is 77.0 Å². The molecule has 1 unspecified atom stereocenters. The van der Waals surface area contributed by atoms with Crippen molar-refractivity contribution in [2.75, 3.05) is 19.8 Å². The van der Waals surface area contributed by atoms with Crippen LogP contribution in [0.2, 0.25) is 0 Å². The predicted molar refractivity (Wildman–Crippen MR) is 251 cm³/mol. The minimum atomic E-state index is -0.543. The van der Waals surface area contributed by atoms with E-state index in [0.717, 1.165) is 77.0 Å². The molecular formula is C53H94O5. The van der Waals surface area contributed by atoms with Crippen molar-refractivity contribution < 1.29 is 23.8 Å². The summed E-state index contributed by atoms with van der Waals surface area (Å²) in [5.41, 5.74) is 0. The van der Waals surface area contributed by atoms with Crippen LogP contribution in [-0.4, -0.2) is 37.9 Å². The van der Waals surface area contributed by atoms with Gasteiger partial charge in [0.05, 0.1) is 6.61 Å². The Kier molecular flexibility index (Phi) is 46.9. The van der Waals surface area contributed by atoms with E-state index in [1.807, 2.05) is 0 Å². The lowest BCUT2D eigenvalue weighted by atomic mass is 10.1. The summed E-state index contributed by atoms with van der Waals surface area (Å²) in [5.74, 6) is -0.410. The maximum Gasteiger partial charge on any atom is 0.306 e. The third kappa shape index (κ3) is 46.3. The molecule has 0 amide bonds. The number of carbonyl (C=O) groups is 2. The second-order valence-electron chi connectivity index (χ2n) is 16.3. The fraction of sp³-hybridized carbons (Fsp3) is 0.774. The number of esters is 2. The number of unbranched alkanes of at least 4 members (excludes halogenated alkanes) is 24. The summed E-state index contributed by atoms with van der Waals surface area (Å²) in [6.07, 6.45) is 60.8. The average molecular weight is 811 g/mol. The fourth-order valence-electron chi connectivity index (χ4n) is 6.86. The van der Waals surface area contributed by atoms with Gasteiger partial charge in [0.2, 0.25) is 0 Å². The molecule has 0 fully saturated rings. The van der Waals surface area contributed by atoms with E-state index in [1.165, 1.54) is 128 Å². The van der Waals surface area contributed by atoms with Crippen LogP contribution in [-0.2, 0) is 23.8 Å². The quantitative estimate of drug-likeness (QED) is 0.0348. The van der Waals surface area contributed by atoms with Gasteiger partial charge in [-0.15, -0.1) is 0 Å². The van der Waals surface area contributed by atoms with Gasteiger partial charge in [-0.2, -0.15) is 0 Å². The normalized spacial score (nSPS) is 12.7. The zero-order valence-corrected chi connectivity index (χ0v) is 38.6. The van der Waals surface area contributed by atoms with Crippen LogP contribution in [0.25, 0.3) is 0 Å². The van der Waals surface area contributed by atoms with Gasteiger partial charge in [-0.25, -0.2) is 0 Å². The van der Waals surface area contributed by atoms with Gasteiger partial charge in [0, 0.05) is 19.4 Å². The van der Waals surface area contributed by atoms with Crippen LogP contribution in [0.3, 0.4) is 0 Å². The van der Waals surface area contributed by atoms with E-state index in [9.17, 15) is 9.59 Å². The molecule has 5 nitrogen and oxygen atoms in total. The number of carbonyl (C=O) groups excluding carboxylic acids is 2. The molecule has 0 saturated heterocycles. The van der Waals surface area contributed by atoms with Crippen LogP contribution >= 0.6 is 0 Å². The van der Waals surface area contributed by atoms with Crippen molar-refractivity contribution in [2.45, 2.75) is 245 Å². The predicted octanol–water partition coefficient (Wildman–Crippen LogP) is 16.6. The van der Waals surface area contributed by atoms with Crippen LogP contribution in [0.1, 0.15) is 239 Å². The number of ether oxygens (including phenoxy) is 3. The zero-order valence-electron chi connectivity index (χ0n) is 38.6. The molecule has 0 aliphatic heterocycles. The molecule has 0 N–H and O–H groups in total. The van der Waals surface area contributed by atoms with Crippen molar-refractivity contribution in [1.82, 2.24) is 0 Å². The Morgan fingerprint density at radius 1 is 0.397 bits per heavy atom. The summed E-state index contributed by atoms with van der Waals surface area (Å²) in [7, 11) is 0. The molecule has 1 atom stereocenters. The summed E-state index contributed by atoms with van der Waals surface area (Å²) in [6.45, 7) is 7.63. The lowest BCUT2D eigenvalue weighted by molar-refractivity contribution is -0.163. The van der Waals surface area contributed by atoms with Crippen molar-refractivity contribution >= 4 is 11.9 Å². The smallest absolute Gasteiger partial charge is 0.306 e. The number of rotatable bonds is 45. The summed E-state index contributed by atoms with van der Waals surface area (Å²) < 4.78 is 17.4. The van der Waals surface area contributed by atoms with Gasteiger partial charge in [0.25, 0.3) is 0 Å². The Labute approximate surface area is 360 Å².